The van der Waals surface area contributed by atoms with Crippen LogP contribution in [0.1, 0.15) is 37.6 Å². The van der Waals surface area contributed by atoms with Gasteiger partial charge in [0.2, 0.25) is 5.91 Å². The number of aromatic nitrogens is 2. The van der Waals surface area contributed by atoms with Crippen LogP contribution in [0.25, 0.3) is 21.9 Å². The highest BCUT2D eigenvalue weighted by Crippen LogP contribution is 2.31. The summed E-state index contributed by atoms with van der Waals surface area (Å²) >= 11 is 0. The Morgan fingerprint density at radius 1 is 1.26 bits per heavy atom. The van der Waals surface area contributed by atoms with E-state index in [0.717, 1.165) is 10.9 Å². The second-order valence-corrected chi connectivity index (χ2v) is 7.51. The molecule has 160 valence electrons. The van der Waals surface area contributed by atoms with Gasteiger partial charge in [0.15, 0.2) is 11.3 Å². The fraction of sp³-hybridized carbons (Fsp3) is 0.292. The molecule has 2 heterocycles. The molecule has 0 spiro atoms. The minimum Gasteiger partial charge on any atom is -0.490 e. The first-order valence-corrected chi connectivity index (χ1v) is 10.4. The fourth-order valence-corrected chi connectivity index (χ4v) is 3.64. The molecule has 2 aromatic heterocycles. The van der Waals surface area contributed by atoms with Crippen LogP contribution >= 0.6 is 0 Å². The van der Waals surface area contributed by atoms with E-state index in [-0.39, 0.29) is 30.5 Å². The lowest BCUT2D eigenvalue weighted by Gasteiger charge is -2.12. The largest absolute Gasteiger partial charge is 0.490 e. The summed E-state index contributed by atoms with van der Waals surface area (Å²) in [6.45, 7) is 6.50. The molecule has 7 heteroatoms. The molecule has 2 aromatic carbocycles. The molecule has 1 amide bonds. The van der Waals surface area contributed by atoms with Crippen molar-refractivity contribution in [1.29, 1.82) is 0 Å². The molecular formula is C24H25N3O4. The van der Waals surface area contributed by atoms with Crippen LogP contribution in [0.5, 0.6) is 5.75 Å². The van der Waals surface area contributed by atoms with Gasteiger partial charge in [0, 0.05) is 18.4 Å². The molecule has 0 fully saturated rings. The molecule has 1 atom stereocenters. The lowest BCUT2D eigenvalue weighted by Crippen LogP contribution is -2.29. The molecule has 0 bridgehead atoms. The monoisotopic (exact) mass is 419 g/mol. The first kappa shape index (κ1) is 20.7. The Hall–Kier alpha value is -3.61. The molecule has 4 aromatic rings. The van der Waals surface area contributed by atoms with E-state index < -0.39 is 0 Å². The van der Waals surface area contributed by atoms with Gasteiger partial charge in [0.25, 0.3) is 5.56 Å². The third kappa shape index (κ3) is 4.17. The number of rotatable bonds is 7. The maximum absolute atomic E-state index is 12.7. The van der Waals surface area contributed by atoms with Crippen molar-refractivity contribution in [2.75, 3.05) is 6.61 Å². The summed E-state index contributed by atoms with van der Waals surface area (Å²) < 4.78 is 13.0. The molecule has 0 saturated heterocycles. The smallest absolute Gasteiger partial charge is 0.261 e. The number of ether oxygens (including phenoxy) is 1. The van der Waals surface area contributed by atoms with Crippen LogP contribution in [-0.2, 0) is 11.3 Å². The Bertz CT molecular complexity index is 1310. The number of nitrogens with one attached hydrogen (secondary N) is 1. The predicted molar refractivity (Wildman–Crippen MR) is 119 cm³/mol. The van der Waals surface area contributed by atoms with Crippen molar-refractivity contribution in [2.45, 2.75) is 39.8 Å². The first-order chi connectivity index (χ1) is 15.0. The van der Waals surface area contributed by atoms with E-state index in [9.17, 15) is 9.59 Å². The number of benzene rings is 2. The fourth-order valence-electron chi connectivity index (χ4n) is 3.64. The molecule has 0 saturated carbocycles. The van der Waals surface area contributed by atoms with Crippen LogP contribution in [0.2, 0.25) is 0 Å². The van der Waals surface area contributed by atoms with Gasteiger partial charge in [-0.05, 0) is 44.5 Å². The zero-order valence-corrected chi connectivity index (χ0v) is 17.8. The quantitative estimate of drug-likeness (QED) is 0.487. The maximum Gasteiger partial charge on any atom is 0.261 e. The number of fused-ring (bicyclic) bond motifs is 2. The van der Waals surface area contributed by atoms with Gasteiger partial charge in [-0.15, -0.1) is 0 Å². The van der Waals surface area contributed by atoms with Crippen molar-refractivity contribution in [2.24, 2.45) is 0 Å². The molecule has 31 heavy (non-hydrogen) atoms. The summed E-state index contributed by atoms with van der Waals surface area (Å²) in [5.74, 6) is 1.16. The van der Waals surface area contributed by atoms with Gasteiger partial charge in [0.1, 0.15) is 5.76 Å². The number of carbonyl (C=O) groups excluding carboxylic acids is 1. The van der Waals surface area contributed by atoms with Crippen molar-refractivity contribution in [3.05, 3.63) is 70.5 Å². The van der Waals surface area contributed by atoms with Gasteiger partial charge < -0.3 is 14.5 Å². The molecular weight excluding hydrogens is 394 g/mol. The summed E-state index contributed by atoms with van der Waals surface area (Å²) in [6, 6.07) is 12.8. The van der Waals surface area contributed by atoms with Crippen LogP contribution in [0.15, 0.2) is 58.0 Å². The van der Waals surface area contributed by atoms with E-state index in [1.165, 1.54) is 10.9 Å². The first-order valence-electron chi connectivity index (χ1n) is 10.4. The van der Waals surface area contributed by atoms with Crippen LogP contribution in [0.4, 0.5) is 0 Å². The van der Waals surface area contributed by atoms with Crippen molar-refractivity contribution in [3.63, 3.8) is 0 Å². The SMILES string of the molecule is CCOc1cccc2cc(C(C)NC(=O)CCn3cnc4c(C)cccc4c3=O)oc12. The minimum atomic E-state index is -0.316. The third-order valence-corrected chi connectivity index (χ3v) is 5.27. The minimum absolute atomic E-state index is 0.143. The lowest BCUT2D eigenvalue weighted by atomic mass is 10.1. The van der Waals surface area contributed by atoms with Gasteiger partial charge >= 0.3 is 0 Å². The van der Waals surface area contributed by atoms with Gasteiger partial charge in [-0.1, -0.05) is 24.3 Å². The number of amides is 1. The number of aryl methyl sites for hydroxylation is 2. The Morgan fingerprint density at radius 3 is 2.87 bits per heavy atom. The molecule has 1 N–H and O–H groups in total. The number of para-hydroxylation sites is 2. The maximum atomic E-state index is 12.7. The van der Waals surface area contributed by atoms with Crippen molar-refractivity contribution in [1.82, 2.24) is 14.9 Å². The van der Waals surface area contributed by atoms with Crippen molar-refractivity contribution >= 4 is 27.8 Å². The van der Waals surface area contributed by atoms with Crippen LogP contribution in [0, 0.1) is 6.92 Å². The molecule has 7 nitrogen and oxygen atoms in total. The number of hydrogen-bond acceptors (Lipinski definition) is 5. The van der Waals surface area contributed by atoms with E-state index in [1.54, 1.807) is 6.07 Å². The zero-order chi connectivity index (χ0) is 22.0. The molecule has 0 aliphatic carbocycles. The van der Waals surface area contributed by atoms with E-state index >= 15 is 0 Å². The predicted octanol–water partition coefficient (Wildman–Crippen LogP) is 4.12. The van der Waals surface area contributed by atoms with Crippen molar-refractivity contribution < 1.29 is 13.9 Å². The highest BCUT2D eigenvalue weighted by atomic mass is 16.5. The Kier molecular flexibility index (Phi) is 5.75. The number of carbonyl (C=O) groups is 1. The van der Waals surface area contributed by atoms with E-state index in [4.69, 9.17) is 9.15 Å². The summed E-state index contributed by atoms with van der Waals surface area (Å²) in [6.07, 6.45) is 1.66. The van der Waals surface area contributed by atoms with Crippen LogP contribution < -0.4 is 15.6 Å². The molecule has 1 unspecified atom stereocenters. The topological polar surface area (TPSA) is 86.4 Å². The van der Waals surface area contributed by atoms with E-state index in [0.29, 0.717) is 34.6 Å². The van der Waals surface area contributed by atoms with Crippen molar-refractivity contribution in [3.8, 4) is 5.75 Å². The van der Waals surface area contributed by atoms with Gasteiger partial charge in [-0.3, -0.25) is 14.2 Å². The second kappa shape index (κ2) is 8.63. The summed E-state index contributed by atoms with van der Waals surface area (Å²) in [5.41, 5.74) is 2.17. The molecule has 0 radical (unpaired) electrons. The summed E-state index contributed by atoms with van der Waals surface area (Å²) in [7, 11) is 0. The second-order valence-electron chi connectivity index (χ2n) is 7.51. The Labute approximate surface area is 179 Å². The summed E-state index contributed by atoms with van der Waals surface area (Å²) in [4.78, 5) is 29.6. The molecule has 4 rings (SSSR count). The van der Waals surface area contributed by atoms with Gasteiger partial charge in [-0.25, -0.2) is 4.98 Å². The zero-order valence-electron chi connectivity index (χ0n) is 17.8. The average Bonchev–Trinajstić information content (AvgIpc) is 3.20. The third-order valence-electron chi connectivity index (χ3n) is 5.27. The molecule has 0 aliphatic rings. The highest BCUT2D eigenvalue weighted by molar-refractivity contribution is 5.84. The van der Waals surface area contributed by atoms with Gasteiger partial charge in [-0.2, -0.15) is 0 Å². The van der Waals surface area contributed by atoms with Gasteiger partial charge in [0.05, 0.1) is 29.9 Å². The molecule has 0 aliphatic heterocycles. The van der Waals surface area contributed by atoms with Crippen LogP contribution in [-0.4, -0.2) is 22.1 Å². The normalized spacial score (nSPS) is 12.2. The average molecular weight is 419 g/mol. The highest BCUT2D eigenvalue weighted by Gasteiger charge is 2.16. The number of nitrogens with zero attached hydrogens (tertiary/aromatic N) is 2. The van der Waals surface area contributed by atoms with E-state index in [1.807, 2.05) is 57.2 Å². The summed E-state index contributed by atoms with van der Waals surface area (Å²) in [5, 5.41) is 4.42. The van der Waals surface area contributed by atoms with Crippen LogP contribution in [0.3, 0.4) is 0 Å². The van der Waals surface area contributed by atoms with E-state index in [2.05, 4.69) is 10.3 Å². The lowest BCUT2D eigenvalue weighted by molar-refractivity contribution is -0.122. The Morgan fingerprint density at radius 2 is 2.06 bits per heavy atom. The number of furan rings is 1. The Balaban J connectivity index is 1.44. The standard InChI is InChI=1S/C24H25N3O4/c1-4-30-19-10-6-8-17-13-20(31-23(17)19)16(3)26-21(28)11-12-27-14-25-22-15(2)7-5-9-18(22)24(27)29/h5-10,13-14,16H,4,11-12H2,1-3H3,(H,26,28). The number of hydrogen-bond donors (Lipinski definition) is 1.